The van der Waals surface area contributed by atoms with E-state index in [1.165, 1.54) is 84.7 Å². The standard InChI is InChI=1S/C32H40/c1-4-6-7-8-25-11-15-27(16-12-25)28-17-19-30(20-18-28)32-22-21-31(23-26(32)5-2)29-13-9-24(3)10-14-29/h9-10,13-14,17-23,25,27H,4-8,11-12,15-16H2,1-3H3. The van der Waals surface area contributed by atoms with E-state index in [0.29, 0.717) is 0 Å². The maximum Gasteiger partial charge on any atom is -0.0152 e. The van der Waals surface area contributed by atoms with E-state index in [4.69, 9.17) is 0 Å². The van der Waals surface area contributed by atoms with Crippen LogP contribution in [0.5, 0.6) is 0 Å². The van der Waals surface area contributed by atoms with Crippen molar-refractivity contribution in [3.63, 3.8) is 0 Å². The molecule has 0 spiro atoms. The van der Waals surface area contributed by atoms with E-state index in [2.05, 4.69) is 87.5 Å². The van der Waals surface area contributed by atoms with E-state index in [0.717, 1.165) is 18.3 Å². The first-order chi connectivity index (χ1) is 15.7. The molecule has 168 valence electrons. The zero-order chi connectivity index (χ0) is 22.3. The third kappa shape index (κ3) is 5.52. The Morgan fingerprint density at radius 3 is 2.00 bits per heavy atom. The average Bonchev–Trinajstić information content (AvgIpc) is 2.85. The Balaban J connectivity index is 1.44. The molecule has 0 heterocycles. The van der Waals surface area contributed by atoms with Gasteiger partial charge in [-0.25, -0.2) is 0 Å². The highest BCUT2D eigenvalue weighted by atomic mass is 14.3. The summed E-state index contributed by atoms with van der Waals surface area (Å²) in [5.41, 5.74) is 9.66. The Morgan fingerprint density at radius 2 is 1.34 bits per heavy atom. The van der Waals surface area contributed by atoms with Crippen LogP contribution < -0.4 is 0 Å². The van der Waals surface area contributed by atoms with Crippen LogP contribution in [0.4, 0.5) is 0 Å². The second-order valence-electron chi connectivity index (χ2n) is 9.93. The lowest BCUT2D eigenvalue weighted by atomic mass is 9.77. The fourth-order valence-corrected chi connectivity index (χ4v) is 5.50. The van der Waals surface area contributed by atoms with Gasteiger partial charge in [0.2, 0.25) is 0 Å². The van der Waals surface area contributed by atoms with Crippen molar-refractivity contribution in [2.45, 2.75) is 84.5 Å². The highest BCUT2D eigenvalue weighted by molar-refractivity contribution is 5.74. The summed E-state index contributed by atoms with van der Waals surface area (Å²) >= 11 is 0. The minimum Gasteiger partial charge on any atom is -0.0654 e. The van der Waals surface area contributed by atoms with Gasteiger partial charge < -0.3 is 0 Å². The topological polar surface area (TPSA) is 0 Å². The predicted molar refractivity (Wildman–Crippen MR) is 140 cm³/mol. The minimum atomic E-state index is 0.765. The molecule has 32 heavy (non-hydrogen) atoms. The molecule has 0 radical (unpaired) electrons. The van der Waals surface area contributed by atoms with Gasteiger partial charge in [-0.05, 0) is 84.2 Å². The Labute approximate surface area is 196 Å². The molecule has 0 aromatic heterocycles. The maximum absolute atomic E-state index is 2.41. The molecule has 3 aromatic rings. The van der Waals surface area contributed by atoms with E-state index in [9.17, 15) is 0 Å². The SMILES string of the molecule is CCCCCC1CCC(c2ccc(-c3ccc(-c4ccc(C)cc4)cc3CC)cc2)CC1. The maximum atomic E-state index is 2.41. The van der Waals surface area contributed by atoms with Gasteiger partial charge in [0, 0.05) is 0 Å². The summed E-state index contributed by atoms with van der Waals surface area (Å²) in [4.78, 5) is 0. The van der Waals surface area contributed by atoms with Crippen molar-refractivity contribution < 1.29 is 0 Å². The molecule has 4 rings (SSSR count). The quantitative estimate of drug-likeness (QED) is 0.316. The lowest BCUT2D eigenvalue weighted by Crippen LogP contribution is -2.13. The van der Waals surface area contributed by atoms with E-state index < -0.39 is 0 Å². The highest BCUT2D eigenvalue weighted by Crippen LogP contribution is 2.38. The van der Waals surface area contributed by atoms with Gasteiger partial charge in [-0.15, -0.1) is 0 Å². The molecule has 0 amide bonds. The minimum absolute atomic E-state index is 0.765. The molecule has 1 fully saturated rings. The van der Waals surface area contributed by atoms with Gasteiger partial charge in [0.05, 0.1) is 0 Å². The van der Waals surface area contributed by atoms with Gasteiger partial charge in [-0.1, -0.05) is 112 Å². The smallest absolute Gasteiger partial charge is 0.0152 e. The van der Waals surface area contributed by atoms with Crippen LogP contribution in [0.15, 0.2) is 66.7 Å². The average molecular weight is 425 g/mol. The summed E-state index contributed by atoms with van der Waals surface area (Å²) in [5, 5.41) is 0. The van der Waals surface area contributed by atoms with Gasteiger partial charge in [-0.2, -0.15) is 0 Å². The Hall–Kier alpha value is -2.34. The molecule has 0 atom stereocenters. The van der Waals surface area contributed by atoms with Crippen LogP contribution in [0.1, 0.15) is 87.8 Å². The van der Waals surface area contributed by atoms with Gasteiger partial charge in [0.25, 0.3) is 0 Å². The summed E-state index contributed by atoms with van der Waals surface area (Å²) < 4.78 is 0. The third-order valence-electron chi connectivity index (χ3n) is 7.63. The normalized spacial score (nSPS) is 18.6. The van der Waals surface area contributed by atoms with Gasteiger partial charge in [0.15, 0.2) is 0 Å². The zero-order valence-electron chi connectivity index (χ0n) is 20.4. The molecule has 0 bridgehead atoms. The van der Waals surface area contributed by atoms with Gasteiger partial charge >= 0.3 is 0 Å². The molecular weight excluding hydrogens is 384 g/mol. The summed E-state index contributed by atoms with van der Waals surface area (Å²) in [5.74, 6) is 1.75. The Bertz CT molecular complexity index is 970. The van der Waals surface area contributed by atoms with Crippen LogP contribution in [0, 0.1) is 12.8 Å². The lowest BCUT2D eigenvalue weighted by Gasteiger charge is -2.29. The molecule has 3 aromatic carbocycles. The molecule has 0 heteroatoms. The first-order valence-electron chi connectivity index (χ1n) is 13.0. The van der Waals surface area contributed by atoms with Crippen molar-refractivity contribution in [1.82, 2.24) is 0 Å². The number of rotatable bonds is 8. The molecule has 1 aliphatic rings. The van der Waals surface area contributed by atoms with Crippen LogP contribution in [0.3, 0.4) is 0 Å². The van der Waals surface area contributed by atoms with Crippen molar-refractivity contribution in [1.29, 1.82) is 0 Å². The van der Waals surface area contributed by atoms with Crippen molar-refractivity contribution >= 4 is 0 Å². The van der Waals surface area contributed by atoms with Crippen LogP contribution in [0.2, 0.25) is 0 Å². The zero-order valence-corrected chi connectivity index (χ0v) is 20.4. The second-order valence-corrected chi connectivity index (χ2v) is 9.93. The van der Waals surface area contributed by atoms with E-state index in [-0.39, 0.29) is 0 Å². The van der Waals surface area contributed by atoms with Crippen molar-refractivity contribution in [2.75, 3.05) is 0 Å². The number of benzene rings is 3. The largest absolute Gasteiger partial charge is 0.0654 e. The van der Waals surface area contributed by atoms with Crippen LogP contribution in [-0.4, -0.2) is 0 Å². The second kappa shape index (κ2) is 11.0. The monoisotopic (exact) mass is 424 g/mol. The van der Waals surface area contributed by atoms with E-state index in [1.54, 1.807) is 5.56 Å². The molecule has 0 saturated heterocycles. The molecule has 0 nitrogen and oxygen atoms in total. The third-order valence-corrected chi connectivity index (χ3v) is 7.63. The molecule has 1 saturated carbocycles. The molecule has 1 aliphatic carbocycles. The summed E-state index contributed by atoms with van der Waals surface area (Å²) in [6.07, 6.45) is 12.3. The number of unbranched alkanes of at least 4 members (excludes halogenated alkanes) is 2. The van der Waals surface area contributed by atoms with Crippen molar-refractivity contribution in [3.05, 3.63) is 83.4 Å². The Kier molecular flexibility index (Phi) is 7.85. The summed E-state index contributed by atoms with van der Waals surface area (Å²) in [6.45, 7) is 6.72. The number of hydrogen-bond acceptors (Lipinski definition) is 0. The molecule has 0 aliphatic heterocycles. The first kappa shape index (κ1) is 22.8. The number of aryl methyl sites for hydroxylation is 2. The molecule has 0 unspecified atom stereocenters. The highest BCUT2D eigenvalue weighted by Gasteiger charge is 2.22. The van der Waals surface area contributed by atoms with Gasteiger partial charge in [-0.3, -0.25) is 0 Å². The van der Waals surface area contributed by atoms with Gasteiger partial charge in [0.1, 0.15) is 0 Å². The van der Waals surface area contributed by atoms with Crippen LogP contribution >= 0.6 is 0 Å². The summed E-state index contributed by atoms with van der Waals surface area (Å²) in [7, 11) is 0. The van der Waals surface area contributed by atoms with Crippen LogP contribution in [-0.2, 0) is 6.42 Å². The fourth-order valence-electron chi connectivity index (χ4n) is 5.50. The van der Waals surface area contributed by atoms with E-state index >= 15 is 0 Å². The van der Waals surface area contributed by atoms with Crippen LogP contribution in [0.25, 0.3) is 22.3 Å². The first-order valence-corrected chi connectivity index (χ1v) is 13.0. The van der Waals surface area contributed by atoms with E-state index in [1.807, 2.05) is 0 Å². The van der Waals surface area contributed by atoms with Crippen molar-refractivity contribution in [3.8, 4) is 22.3 Å². The number of hydrogen-bond donors (Lipinski definition) is 0. The summed E-state index contributed by atoms with van der Waals surface area (Å²) in [6, 6.07) is 25.4. The molecule has 0 N–H and O–H groups in total. The van der Waals surface area contributed by atoms with Crippen molar-refractivity contribution in [2.24, 2.45) is 5.92 Å². The lowest BCUT2D eigenvalue weighted by molar-refractivity contribution is 0.303. The fraction of sp³-hybridized carbons (Fsp3) is 0.438. The predicted octanol–water partition coefficient (Wildman–Crippen LogP) is 9.75. The Morgan fingerprint density at radius 1 is 0.688 bits per heavy atom. The molecular formula is C32H40.